The Balaban J connectivity index is 1.69. The Hall–Kier alpha value is -2.76. The number of amides is 2. The Morgan fingerprint density at radius 3 is 2.62 bits per heavy atom. The minimum atomic E-state index is -0.494. The van der Waals surface area contributed by atoms with E-state index in [4.69, 9.17) is 0 Å². The lowest BCUT2D eigenvalue weighted by Crippen LogP contribution is -2.57. The van der Waals surface area contributed by atoms with Crippen molar-refractivity contribution >= 4 is 11.8 Å². The van der Waals surface area contributed by atoms with Gasteiger partial charge in [0.2, 0.25) is 5.91 Å². The highest BCUT2D eigenvalue weighted by Crippen LogP contribution is 2.17. The molecule has 136 valence electrons. The number of nitrogens with zero attached hydrogens (tertiary/aromatic N) is 4. The highest BCUT2D eigenvalue weighted by molar-refractivity contribution is 5.97. The van der Waals surface area contributed by atoms with Crippen LogP contribution in [0.2, 0.25) is 0 Å². The van der Waals surface area contributed by atoms with E-state index in [-0.39, 0.29) is 11.8 Å². The summed E-state index contributed by atoms with van der Waals surface area (Å²) in [5, 5.41) is 0. The average Bonchev–Trinajstić information content (AvgIpc) is 2.65. The van der Waals surface area contributed by atoms with Gasteiger partial charge in [-0.05, 0) is 19.4 Å². The lowest BCUT2D eigenvalue weighted by Gasteiger charge is -2.39. The van der Waals surface area contributed by atoms with Gasteiger partial charge in [0.1, 0.15) is 11.9 Å². The van der Waals surface area contributed by atoms with Gasteiger partial charge in [-0.2, -0.15) is 0 Å². The van der Waals surface area contributed by atoms with Crippen LogP contribution in [0, 0.1) is 6.92 Å². The summed E-state index contributed by atoms with van der Waals surface area (Å²) in [7, 11) is 0. The maximum Gasteiger partial charge on any atom is 0.257 e. The Labute approximate surface area is 153 Å². The number of carbonyl (C=O) groups is 2. The third kappa shape index (κ3) is 3.74. The van der Waals surface area contributed by atoms with Gasteiger partial charge in [-0.15, -0.1) is 0 Å². The normalized spacial score (nSPS) is 17.5. The first-order chi connectivity index (χ1) is 12.5. The van der Waals surface area contributed by atoms with E-state index in [0.29, 0.717) is 31.0 Å². The molecule has 0 bridgehead atoms. The number of hydrogen-bond acceptors (Lipinski definition) is 4. The third-order valence-electron chi connectivity index (χ3n) is 4.73. The quantitative estimate of drug-likeness (QED) is 0.846. The summed E-state index contributed by atoms with van der Waals surface area (Å²) in [6.07, 6.45) is 3.82. The van der Waals surface area contributed by atoms with E-state index in [2.05, 4.69) is 16.0 Å². The Morgan fingerprint density at radius 2 is 1.96 bits per heavy atom. The molecule has 6 heteroatoms. The number of carbonyl (C=O) groups excluding carboxylic acids is 2. The molecular formula is C20H24N4O2. The van der Waals surface area contributed by atoms with Gasteiger partial charge in [-0.1, -0.05) is 36.8 Å². The summed E-state index contributed by atoms with van der Waals surface area (Å²) in [6, 6.07) is 7.65. The van der Waals surface area contributed by atoms with Crippen molar-refractivity contribution in [3.8, 4) is 0 Å². The number of piperazine rings is 1. The van der Waals surface area contributed by atoms with Crippen LogP contribution in [0.4, 0.5) is 0 Å². The van der Waals surface area contributed by atoms with Crippen molar-refractivity contribution in [2.24, 2.45) is 0 Å². The maximum atomic E-state index is 12.8. The van der Waals surface area contributed by atoms with E-state index < -0.39 is 6.04 Å². The molecule has 1 atom stereocenters. The fourth-order valence-corrected chi connectivity index (χ4v) is 3.21. The van der Waals surface area contributed by atoms with Crippen LogP contribution in [-0.2, 0) is 17.8 Å². The van der Waals surface area contributed by atoms with Crippen LogP contribution in [0.25, 0.3) is 0 Å². The molecule has 0 unspecified atom stereocenters. The Bertz CT molecular complexity index is 804. The van der Waals surface area contributed by atoms with Crippen molar-refractivity contribution in [1.29, 1.82) is 0 Å². The van der Waals surface area contributed by atoms with Gasteiger partial charge < -0.3 is 9.80 Å². The highest BCUT2D eigenvalue weighted by atomic mass is 16.2. The van der Waals surface area contributed by atoms with Crippen molar-refractivity contribution in [2.75, 3.05) is 13.1 Å². The molecule has 1 saturated heterocycles. The van der Waals surface area contributed by atoms with Crippen molar-refractivity contribution in [3.63, 3.8) is 0 Å². The van der Waals surface area contributed by atoms with Crippen LogP contribution in [-0.4, -0.2) is 50.7 Å². The molecule has 2 aromatic rings. The SMILES string of the molecule is CCc1ncc(C(=O)N2CCN(Cc3cccc(C)c3)C(=O)[C@H]2C)cn1. The van der Waals surface area contributed by atoms with Gasteiger partial charge in [0.15, 0.2) is 0 Å². The van der Waals surface area contributed by atoms with Crippen LogP contribution in [0.5, 0.6) is 0 Å². The second-order valence-corrected chi connectivity index (χ2v) is 6.66. The summed E-state index contributed by atoms with van der Waals surface area (Å²) in [5.41, 5.74) is 2.70. The van der Waals surface area contributed by atoms with Gasteiger partial charge in [-0.3, -0.25) is 9.59 Å². The van der Waals surface area contributed by atoms with Crippen molar-refractivity contribution in [1.82, 2.24) is 19.8 Å². The number of rotatable bonds is 4. The molecule has 1 aromatic heterocycles. The van der Waals surface area contributed by atoms with Gasteiger partial charge in [0.25, 0.3) is 5.91 Å². The molecular weight excluding hydrogens is 328 g/mol. The number of aryl methyl sites for hydroxylation is 2. The first kappa shape index (κ1) is 18.0. The summed E-state index contributed by atoms with van der Waals surface area (Å²) >= 11 is 0. The van der Waals surface area contributed by atoms with Crippen LogP contribution in [0.15, 0.2) is 36.7 Å². The summed E-state index contributed by atoms with van der Waals surface area (Å²) in [6.45, 7) is 7.39. The molecule has 1 fully saturated rings. The topological polar surface area (TPSA) is 66.4 Å². The molecule has 1 aliphatic heterocycles. The monoisotopic (exact) mass is 352 g/mol. The lowest BCUT2D eigenvalue weighted by molar-refractivity contribution is -0.140. The van der Waals surface area contributed by atoms with Crippen molar-refractivity contribution < 1.29 is 9.59 Å². The zero-order valence-electron chi connectivity index (χ0n) is 15.5. The third-order valence-corrected chi connectivity index (χ3v) is 4.73. The van der Waals surface area contributed by atoms with Crippen molar-refractivity contribution in [3.05, 3.63) is 59.2 Å². The van der Waals surface area contributed by atoms with Gasteiger partial charge in [-0.25, -0.2) is 9.97 Å². The molecule has 0 radical (unpaired) electrons. The molecule has 26 heavy (non-hydrogen) atoms. The molecule has 6 nitrogen and oxygen atoms in total. The van der Waals surface area contributed by atoms with Crippen LogP contribution < -0.4 is 0 Å². The molecule has 0 spiro atoms. The molecule has 0 aliphatic carbocycles. The first-order valence-electron chi connectivity index (χ1n) is 8.95. The zero-order valence-corrected chi connectivity index (χ0v) is 15.5. The predicted octanol–water partition coefficient (Wildman–Crippen LogP) is 2.22. The van der Waals surface area contributed by atoms with Crippen molar-refractivity contribution in [2.45, 2.75) is 39.8 Å². The van der Waals surface area contributed by atoms with Crippen LogP contribution in [0.3, 0.4) is 0 Å². The minimum absolute atomic E-state index is 0.0304. The number of hydrogen-bond donors (Lipinski definition) is 0. The largest absolute Gasteiger partial charge is 0.335 e. The Kier molecular flexibility index (Phi) is 5.30. The first-order valence-corrected chi connectivity index (χ1v) is 8.95. The van der Waals surface area contributed by atoms with E-state index in [9.17, 15) is 9.59 Å². The Morgan fingerprint density at radius 1 is 1.23 bits per heavy atom. The highest BCUT2D eigenvalue weighted by Gasteiger charge is 2.34. The predicted molar refractivity (Wildman–Crippen MR) is 98.5 cm³/mol. The second kappa shape index (κ2) is 7.64. The average molecular weight is 352 g/mol. The minimum Gasteiger partial charge on any atom is -0.335 e. The molecule has 2 amide bonds. The smallest absolute Gasteiger partial charge is 0.257 e. The van der Waals surface area contributed by atoms with E-state index in [1.54, 1.807) is 24.2 Å². The fraction of sp³-hybridized carbons (Fsp3) is 0.400. The van der Waals surface area contributed by atoms with E-state index in [1.807, 2.05) is 36.9 Å². The van der Waals surface area contributed by atoms with E-state index in [1.165, 1.54) is 5.56 Å². The van der Waals surface area contributed by atoms with Gasteiger partial charge >= 0.3 is 0 Å². The van der Waals surface area contributed by atoms with Gasteiger partial charge in [0, 0.05) is 38.4 Å². The van der Waals surface area contributed by atoms with E-state index >= 15 is 0 Å². The second-order valence-electron chi connectivity index (χ2n) is 6.66. The molecule has 0 N–H and O–H groups in total. The summed E-state index contributed by atoms with van der Waals surface area (Å²) in [5.74, 6) is 0.481. The molecule has 3 rings (SSSR count). The van der Waals surface area contributed by atoms with Crippen LogP contribution >= 0.6 is 0 Å². The summed E-state index contributed by atoms with van der Waals surface area (Å²) in [4.78, 5) is 37.3. The molecule has 0 saturated carbocycles. The molecule has 2 heterocycles. The maximum absolute atomic E-state index is 12.8. The fourth-order valence-electron chi connectivity index (χ4n) is 3.21. The van der Waals surface area contributed by atoms with Crippen LogP contribution in [0.1, 0.15) is 41.2 Å². The zero-order chi connectivity index (χ0) is 18.7. The standard InChI is InChI=1S/C20H24N4O2/c1-4-18-21-11-17(12-22-18)20(26)24-9-8-23(19(25)15(24)3)13-16-7-5-6-14(2)10-16/h5-7,10-12,15H,4,8-9,13H2,1-3H3/t15-/m1/s1. The van der Waals surface area contributed by atoms with E-state index in [0.717, 1.165) is 12.0 Å². The molecule has 1 aromatic carbocycles. The lowest BCUT2D eigenvalue weighted by atomic mass is 10.1. The van der Waals surface area contributed by atoms with Gasteiger partial charge in [0.05, 0.1) is 5.56 Å². The number of benzene rings is 1. The summed E-state index contributed by atoms with van der Waals surface area (Å²) < 4.78 is 0. The molecule has 1 aliphatic rings. The number of aromatic nitrogens is 2.